The summed E-state index contributed by atoms with van der Waals surface area (Å²) in [5, 5.41) is 4.26. The number of fused-ring (bicyclic) bond motifs is 1. The Morgan fingerprint density at radius 3 is 3.00 bits per heavy atom. The van der Waals surface area contributed by atoms with E-state index >= 15 is 0 Å². The van der Waals surface area contributed by atoms with Gasteiger partial charge in [0.25, 0.3) is 0 Å². The average molecular weight is 348 g/mol. The van der Waals surface area contributed by atoms with Gasteiger partial charge in [-0.2, -0.15) is 0 Å². The number of carbonyl (C=O) groups excluding carboxylic acids is 2. The molecule has 2 aromatic heterocycles. The number of methoxy groups -OCH3 is 1. The van der Waals surface area contributed by atoms with Gasteiger partial charge in [0.15, 0.2) is 0 Å². The fourth-order valence-corrected chi connectivity index (χ4v) is 4.50. The second-order valence-corrected chi connectivity index (χ2v) is 7.16. The van der Waals surface area contributed by atoms with Crippen LogP contribution in [-0.2, 0) is 22.4 Å². The maximum absolute atomic E-state index is 12.2. The highest BCUT2D eigenvalue weighted by molar-refractivity contribution is 7.99. The number of nitrogens with one attached hydrogen (secondary N) is 1. The molecule has 0 unspecified atom stereocenters. The Hall–Kier alpha value is -1.86. The summed E-state index contributed by atoms with van der Waals surface area (Å²) in [5.41, 5.74) is 1.57. The van der Waals surface area contributed by atoms with Crippen LogP contribution < -0.4 is 5.32 Å². The predicted molar refractivity (Wildman–Crippen MR) is 91.3 cm³/mol. The van der Waals surface area contributed by atoms with Crippen molar-refractivity contribution in [1.29, 1.82) is 0 Å². The van der Waals surface area contributed by atoms with Gasteiger partial charge in [-0.15, -0.1) is 11.3 Å². The number of thioether (sulfide) groups is 1. The minimum absolute atomic E-state index is 0.147. The Kier molecular flexibility index (Phi) is 4.97. The minimum Gasteiger partial charge on any atom is -0.465 e. The van der Waals surface area contributed by atoms with Crippen molar-refractivity contribution in [1.82, 2.24) is 4.98 Å². The van der Waals surface area contributed by atoms with Gasteiger partial charge in [0.1, 0.15) is 5.00 Å². The zero-order chi connectivity index (χ0) is 16.2. The van der Waals surface area contributed by atoms with Gasteiger partial charge < -0.3 is 10.1 Å². The molecule has 3 rings (SSSR count). The van der Waals surface area contributed by atoms with Crippen LogP contribution in [0.15, 0.2) is 29.4 Å². The van der Waals surface area contributed by atoms with Crippen LogP contribution in [0.4, 0.5) is 5.00 Å². The van der Waals surface area contributed by atoms with E-state index in [0.717, 1.165) is 29.9 Å². The van der Waals surface area contributed by atoms with E-state index in [9.17, 15) is 9.59 Å². The van der Waals surface area contributed by atoms with E-state index in [1.54, 1.807) is 6.20 Å². The number of hydrogen-bond acceptors (Lipinski definition) is 6. The molecular weight excluding hydrogens is 332 g/mol. The molecule has 7 heteroatoms. The number of ether oxygens (including phenoxy) is 1. The second kappa shape index (κ2) is 7.14. The summed E-state index contributed by atoms with van der Waals surface area (Å²) in [4.78, 5) is 29.6. The molecule has 1 aliphatic carbocycles. The van der Waals surface area contributed by atoms with Crippen LogP contribution in [0.2, 0.25) is 0 Å². The van der Waals surface area contributed by atoms with Crippen LogP contribution in [0.5, 0.6) is 0 Å². The molecule has 1 aliphatic rings. The normalized spacial score (nSPS) is 12.7. The standard InChI is InChI=1S/C16H16N2O3S2/c1-21-16(20)14-10-5-4-6-11(10)23-15(14)18-12(19)9-22-13-7-2-3-8-17-13/h2-3,7-8H,4-6,9H2,1H3,(H,18,19). The Balaban J connectivity index is 1.70. The van der Waals surface area contributed by atoms with E-state index in [1.165, 1.54) is 35.1 Å². The Labute approximate surface area is 142 Å². The third-order valence-corrected chi connectivity index (χ3v) is 5.70. The third kappa shape index (κ3) is 3.56. The molecule has 0 bridgehead atoms. The molecule has 1 N–H and O–H groups in total. The maximum atomic E-state index is 12.2. The number of hydrogen-bond donors (Lipinski definition) is 1. The molecule has 120 valence electrons. The highest BCUT2D eigenvalue weighted by Crippen LogP contribution is 2.39. The van der Waals surface area contributed by atoms with E-state index in [-0.39, 0.29) is 17.6 Å². The molecule has 0 aliphatic heterocycles. The van der Waals surface area contributed by atoms with Gasteiger partial charge in [-0.3, -0.25) is 4.79 Å². The third-order valence-electron chi connectivity index (χ3n) is 3.55. The van der Waals surface area contributed by atoms with Crippen molar-refractivity contribution in [2.75, 3.05) is 18.2 Å². The Morgan fingerprint density at radius 1 is 1.39 bits per heavy atom. The lowest BCUT2D eigenvalue weighted by Crippen LogP contribution is -2.16. The first kappa shape index (κ1) is 16.0. The number of rotatable bonds is 5. The molecule has 1 amide bonds. The first-order valence-corrected chi connectivity index (χ1v) is 9.05. The molecule has 2 aromatic rings. The van der Waals surface area contributed by atoms with Crippen LogP contribution in [0.3, 0.4) is 0 Å². The number of anilines is 1. The lowest BCUT2D eigenvalue weighted by Gasteiger charge is -2.06. The lowest BCUT2D eigenvalue weighted by molar-refractivity contribution is -0.113. The van der Waals surface area contributed by atoms with E-state index in [2.05, 4.69) is 10.3 Å². The number of carbonyl (C=O) groups is 2. The largest absolute Gasteiger partial charge is 0.465 e. The van der Waals surface area contributed by atoms with Gasteiger partial charge in [-0.05, 0) is 37.0 Å². The fourth-order valence-electron chi connectivity index (χ4n) is 2.55. The number of nitrogens with zero attached hydrogens (tertiary/aromatic N) is 1. The molecule has 0 aromatic carbocycles. The van der Waals surface area contributed by atoms with Crippen molar-refractivity contribution in [2.24, 2.45) is 0 Å². The summed E-state index contributed by atoms with van der Waals surface area (Å²) in [5.74, 6) is -0.275. The quantitative estimate of drug-likeness (QED) is 0.664. The number of pyridine rings is 1. The summed E-state index contributed by atoms with van der Waals surface area (Å²) in [7, 11) is 1.36. The van der Waals surface area contributed by atoms with Gasteiger partial charge >= 0.3 is 5.97 Å². The zero-order valence-electron chi connectivity index (χ0n) is 12.6. The smallest absolute Gasteiger partial charge is 0.341 e. The molecule has 0 saturated heterocycles. The Morgan fingerprint density at radius 2 is 2.26 bits per heavy atom. The van der Waals surface area contributed by atoms with Gasteiger partial charge in [0.2, 0.25) is 5.91 Å². The van der Waals surface area contributed by atoms with Crippen LogP contribution in [0.25, 0.3) is 0 Å². The van der Waals surface area contributed by atoms with E-state index in [0.29, 0.717) is 10.6 Å². The topological polar surface area (TPSA) is 68.3 Å². The van der Waals surface area contributed by atoms with Crippen molar-refractivity contribution in [2.45, 2.75) is 24.3 Å². The number of thiophene rings is 1. The van der Waals surface area contributed by atoms with Crippen molar-refractivity contribution in [3.05, 3.63) is 40.4 Å². The molecule has 0 saturated carbocycles. The van der Waals surface area contributed by atoms with Crippen molar-refractivity contribution < 1.29 is 14.3 Å². The SMILES string of the molecule is COC(=O)c1c(NC(=O)CSc2ccccn2)sc2c1CCC2. The monoisotopic (exact) mass is 348 g/mol. The maximum Gasteiger partial charge on any atom is 0.341 e. The van der Waals surface area contributed by atoms with Gasteiger partial charge in [0.05, 0.1) is 23.5 Å². The minimum atomic E-state index is -0.378. The van der Waals surface area contributed by atoms with E-state index < -0.39 is 0 Å². The highest BCUT2D eigenvalue weighted by atomic mass is 32.2. The van der Waals surface area contributed by atoms with Crippen molar-refractivity contribution in [3.63, 3.8) is 0 Å². The van der Waals surface area contributed by atoms with Crippen LogP contribution in [0, 0.1) is 0 Å². The van der Waals surface area contributed by atoms with Crippen LogP contribution in [-0.4, -0.2) is 29.7 Å². The van der Waals surface area contributed by atoms with E-state index in [1.807, 2.05) is 18.2 Å². The lowest BCUT2D eigenvalue weighted by atomic mass is 10.1. The number of esters is 1. The van der Waals surface area contributed by atoms with Crippen molar-refractivity contribution in [3.8, 4) is 0 Å². The number of aromatic nitrogens is 1. The second-order valence-electron chi connectivity index (χ2n) is 5.06. The summed E-state index contributed by atoms with van der Waals surface area (Å²) in [6.45, 7) is 0. The summed E-state index contributed by atoms with van der Waals surface area (Å²) >= 11 is 2.85. The number of amides is 1. The van der Waals surface area contributed by atoms with Crippen LogP contribution in [0.1, 0.15) is 27.2 Å². The first-order valence-electron chi connectivity index (χ1n) is 7.25. The molecule has 23 heavy (non-hydrogen) atoms. The average Bonchev–Trinajstić information content (AvgIpc) is 3.14. The van der Waals surface area contributed by atoms with Crippen molar-refractivity contribution >= 4 is 40.0 Å². The van der Waals surface area contributed by atoms with Gasteiger partial charge in [-0.25, -0.2) is 9.78 Å². The van der Waals surface area contributed by atoms with E-state index in [4.69, 9.17) is 4.74 Å². The molecule has 0 radical (unpaired) electrons. The summed E-state index contributed by atoms with van der Waals surface area (Å²) in [6.07, 6.45) is 4.58. The number of aryl methyl sites for hydroxylation is 1. The predicted octanol–water partition coefficient (Wildman–Crippen LogP) is 3.15. The highest BCUT2D eigenvalue weighted by Gasteiger charge is 2.27. The summed E-state index contributed by atoms with van der Waals surface area (Å²) in [6, 6.07) is 5.57. The Bertz CT molecular complexity index is 728. The summed E-state index contributed by atoms with van der Waals surface area (Å²) < 4.78 is 4.87. The molecule has 2 heterocycles. The zero-order valence-corrected chi connectivity index (χ0v) is 14.3. The molecule has 5 nitrogen and oxygen atoms in total. The molecule has 0 atom stereocenters. The molecule has 0 spiro atoms. The van der Waals surface area contributed by atoms with Gasteiger partial charge in [-0.1, -0.05) is 17.8 Å². The van der Waals surface area contributed by atoms with Gasteiger partial charge in [0, 0.05) is 11.1 Å². The molecule has 0 fully saturated rings. The first-order chi connectivity index (χ1) is 11.2. The fraction of sp³-hybridized carbons (Fsp3) is 0.312. The molecular formula is C16H16N2O3S2. The van der Waals surface area contributed by atoms with Crippen LogP contribution >= 0.6 is 23.1 Å².